The zero-order chi connectivity index (χ0) is 11.5. The van der Waals surface area contributed by atoms with E-state index in [-0.39, 0.29) is 12.5 Å². The van der Waals surface area contributed by atoms with Crippen molar-refractivity contribution in [2.45, 2.75) is 25.9 Å². The van der Waals surface area contributed by atoms with Crippen LogP contribution in [0.3, 0.4) is 0 Å². The van der Waals surface area contributed by atoms with Crippen LogP contribution in [0.2, 0.25) is 0 Å². The van der Waals surface area contributed by atoms with E-state index in [9.17, 15) is 9.18 Å². The Bertz CT molecular complexity index is 406. The smallest absolute Gasteiger partial charge is 0.227 e. The van der Waals surface area contributed by atoms with E-state index in [2.05, 4.69) is 0 Å². The van der Waals surface area contributed by atoms with E-state index in [1.807, 2.05) is 0 Å². The number of aliphatic hydroxyl groups excluding tert-OH is 1. The van der Waals surface area contributed by atoms with Crippen molar-refractivity contribution < 1.29 is 14.3 Å². The van der Waals surface area contributed by atoms with Gasteiger partial charge in [-0.1, -0.05) is 6.07 Å². The lowest BCUT2D eigenvalue weighted by Crippen LogP contribution is -2.35. The van der Waals surface area contributed by atoms with Crippen LogP contribution in [0, 0.1) is 5.82 Å². The monoisotopic (exact) mass is 223 g/mol. The predicted octanol–water partition coefficient (Wildman–Crippen LogP) is 1.83. The maximum absolute atomic E-state index is 13.7. The lowest BCUT2D eigenvalue weighted by Gasteiger charge is -2.27. The predicted molar refractivity (Wildman–Crippen MR) is 58.5 cm³/mol. The minimum atomic E-state index is -0.443. The van der Waals surface area contributed by atoms with Gasteiger partial charge in [0.25, 0.3) is 0 Å². The molecule has 3 nitrogen and oxygen atoms in total. The molecule has 1 aliphatic rings. The van der Waals surface area contributed by atoms with Crippen LogP contribution in [0.1, 0.15) is 24.8 Å². The summed E-state index contributed by atoms with van der Waals surface area (Å²) in [5.41, 5.74) is 0.840. The fraction of sp³-hybridized carbons (Fsp3) is 0.417. The number of carbonyl (C=O) groups is 1. The van der Waals surface area contributed by atoms with Crippen LogP contribution in [0.4, 0.5) is 10.1 Å². The number of benzene rings is 1. The van der Waals surface area contributed by atoms with Gasteiger partial charge in [0, 0.05) is 13.0 Å². The average Bonchev–Trinajstić information content (AvgIpc) is 2.30. The van der Waals surface area contributed by atoms with Gasteiger partial charge in [0.2, 0.25) is 5.91 Å². The van der Waals surface area contributed by atoms with E-state index in [0.717, 1.165) is 12.8 Å². The maximum Gasteiger partial charge on any atom is 0.227 e. The second kappa shape index (κ2) is 4.61. The first-order chi connectivity index (χ1) is 7.72. The number of hydrogen-bond donors (Lipinski definition) is 1. The van der Waals surface area contributed by atoms with Crippen molar-refractivity contribution in [1.29, 1.82) is 0 Å². The quantitative estimate of drug-likeness (QED) is 0.831. The summed E-state index contributed by atoms with van der Waals surface area (Å²) in [6, 6.07) is 4.47. The van der Waals surface area contributed by atoms with Crippen LogP contribution in [0.15, 0.2) is 18.2 Å². The molecule has 0 aromatic heterocycles. The van der Waals surface area contributed by atoms with E-state index in [4.69, 9.17) is 5.11 Å². The molecule has 1 aliphatic heterocycles. The van der Waals surface area contributed by atoms with E-state index in [1.165, 1.54) is 11.0 Å². The van der Waals surface area contributed by atoms with Gasteiger partial charge in [-0.25, -0.2) is 4.39 Å². The van der Waals surface area contributed by atoms with Crippen molar-refractivity contribution in [1.82, 2.24) is 0 Å². The third-order valence-electron chi connectivity index (χ3n) is 2.81. The van der Waals surface area contributed by atoms with Crippen molar-refractivity contribution in [2.75, 3.05) is 11.4 Å². The van der Waals surface area contributed by atoms with Gasteiger partial charge in [-0.05, 0) is 30.5 Å². The molecule has 1 saturated heterocycles. The van der Waals surface area contributed by atoms with E-state index >= 15 is 0 Å². The number of carbonyl (C=O) groups excluding carboxylic acids is 1. The highest BCUT2D eigenvalue weighted by atomic mass is 19.1. The van der Waals surface area contributed by atoms with Crippen LogP contribution in [0.5, 0.6) is 0 Å². The normalized spacial score (nSPS) is 16.6. The number of amides is 1. The number of aliphatic hydroxyl groups is 1. The van der Waals surface area contributed by atoms with Gasteiger partial charge in [-0.2, -0.15) is 0 Å². The molecule has 4 heteroatoms. The molecule has 0 spiro atoms. The molecule has 1 fully saturated rings. The Hall–Kier alpha value is -1.42. The summed E-state index contributed by atoms with van der Waals surface area (Å²) in [6.45, 7) is 0.388. The van der Waals surface area contributed by atoms with E-state index in [1.54, 1.807) is 12.1 Å². The molecule has 1 aromatic rings. The van der Waals surface area contributed by atoms with E-state index < -0.39 is 5.82 Å². The number of rotatable bonds is 2. The summed E-state index contributed by atoms with van der Waals surface area (Å²) in [5.74, 6) is -0.469. The molecule has 1 aromatic carbocycles. The third kappa shape index (κ3) is 2.07. The second-order valence-corrected chi connectivity index (χ2v) is 3.95. The van der Waals surface area contributed by atoms with E-state index in [0.29, 0.717) is 24.2 Å². The molecule has 0 atom stereocenters. The fourth-order valence-corrected chi connectivity index (χ4v) is 1.93. The average molecular weight is 223 g/mol. The Balaban J connectivity index is 2.28. The van der Waals surface area contributed by atoms with Crippen molar-refractivity contribution in [3.05, 3.63) is 29.6 Å². The molecule has 16 heavy (non-hydrogen) atoms. The van der Waals surface area contributed by atoms with Gasteiger partial charge in [0.15, 0.2) is 0 Å². The minimum Gasteiger partial charge on any atom is -0.392 e. The lowest BCUT2D eigenvalue weighted by atomic mass is 10.1. The number of piperidine rings is 1. The molecule has 0 unspecified atom stereocenters. The fourth-order valence-electron chi connectivity index (χ4n) is 1.93. The van der Waals surface area contributed by atoms with Crippen molar-refractivity contribution in [3.63, 3.8) is 0 Å². The topological polar surface area (TPSA) is 40.5 Å². The van der Waals surface area contributed by atoms with Crippen molar-refractivity contribution in [2.24, 2.45) is 0 Å². The first-order valence-electron chi connectivity index (χ1n) is 5.42. The second-order valence-electron chi connectivity index (χ2n) is 3.95. The summed E-state index contributed by atoms with van der Waals surface area (Å²) in [4.78, 5) is 13.1. The van der Waals surface area contributed by atoms with Crippen LogP contribution in [0.25, 0.3) is 0 Å². The Morgan fingerprint density at radius 1 is 1.38 bits per heavy atom. The molecule has 1 N–H and O–H groups in total. The Labute approximate surface area is 93.5 Å². The van der Waals surface area contributed by atoms with Crippen LogP contribution < -0.4 is 4.90 Å². The van der Waals surface area contributed by atoms with Gasteiger partial charge in [-0.3, -0.25) is 4.79 Å². The number of hydrogen-bond acceptors (Lipinski definition) is 2. The Morgan fingerprint density at radius 3 is 2.81 bits per heavy atom. The standard InChI is InChI=1S/C12H14FNO2/c13-10-7-9(8-15)4-5-11(10)14-6-2-1-3-12(14)16/h4-5,7,15H,1-3,6,8H2. The van der Waals surface area contributed by atoms with Gasteiger partial charge in [-0.15, -0.1) is 0 Å². The highest BCUT2D eigenvalue weighted by Crippen LogP contribution is 2.24. The number of halogens is 1. The van der Waals surface area contributed by atoms with Gasteiger partial charge >= 0.3 is 0 Å². The molecule has 86 valence electrons. The zero-order valence-electron chi connectivity index (χ0n) is 8.95. The summed E-state index contributed by atoms with van der Waals surface area (Å²) in [6.07, 6.45) is 2.28. The molecular formula is C12H14FNO2. The summed E-state index contributed by atoms with van der Waals surface area (Å²) < 4.78 is 13.7. The lowest BCUT2D eigenvalue weighted by molar-refractivity contribution is -0.119. The van der Waals surface area contributed by atoms with Gasteiger partial charge < -0.3 is 10.0 Å². The molecule has 1 heterocycles. The van der Waals surface area contributed by atoms with Crippen LogP contribution in [-0.4, -0.2) is 17.6 Å². The van der Waals surface area contributed by atoms with Crippen molar-refractivity contribution in [3.8, 4) is 0 Å². The maximum atomic E-state index is 13.7. The third-order valence-corrected chi connectivity index (χ3v) is 2.81. The highest BCUT2D eigenvalue weighted by Gasteiger charge is 2.22. The first kappa shape index (κ1) is 11.1. The molecule has 1 amide bonds. The molecular weight excluding hydrogens is 209 g/mol. The Kier molecular flexibility index (Phi) is 3.19. The first-order valence-corrected chi connectivity index (χ1v) is 5.42. The molecule has 0 saturated carbocycles. The SMILES string of the molecule is O=C1CCCCN1c1ccc(CO)cc1F. The molecule has 2 rings (SSSR count). The molecule has 0 bridgehead atoms. The number of nitrogens with zero attached hydrogens (tertiary/aromatic N) is 1. The largest absolute Gasteiger partial charge is 0.392 e. The van der Waals surface area contributed by atoms with Crippen LogP contribution >= 0.6 is 0 Å². The Morgan fingerprint density at radius 2 is 2.19 bits per heavy atom. The summed E-state index contributed by atoms with van der Waals surface area (Å²) in [5, 5.41) is 8.87. The highest BCUT2D eigenvalue weighted by molar-refractivity contribution is 5.94. The minimum absolute atomic E-state index is 0.0260. The summed E-state index contributed by atoms with van der Waals surface area (Å²) in [7, 11) is 0. The molecule has 0 aliphatic carbocycles. The van der Waals surface area contributed by atoms with Gasteiger partial charge in [0.05, 0.1) is 12.3 Å². The molecule has 0 radical (unpaired) electrons. The zero-order valence-corrected chi connectivity index (χ0v) is 8.95. The van der Waals surface area contributed by atoms with Gasteiger partial charge in [0.1, 0.15) is 5.82 Å². The van der Waals surface area contributed by atoms with Crippen molar-refractivity contribution >= 4 is 11.6 Å². The summed E-state index contributed by atoms with van der Waals surface area (Å²) >= 11 is 0. The number of anilines is 1. The van der Waals surface area contributed by atoms with Crippen LogP contribution in [-0.2, 0) is 11.4 Å².